The lowest BCUT2D eigenvalue weighted by molar-refractivity contribution is -0.147. The minimum absolute atomic E-state index is 0.0199. The van der Waals surface area contributed by atoms with E-state index < -0.39 is 41.2 Å². The smallest absolute Gasteiger partial charge is 0.433 e. The number of esters is 2. The van der Waals surface area contributed by atoms with Crippen LogP contribution in [0.4, 0.5) is 13.2 Å². The second-order valence-electron chi connectivity index (χ2n) is 6.08. The van der Waals surface area contributed by atoms with E-state index in [1.807, 2.05) is 0 Å². The number of rotatable bonds is 4. The van der Waals surface area contributed by atoms with Crippen molar-refractivity contribution >= 4 is 17.7 Å². The largest absolute Gasteiger partial charge is 0.465 e. The number of hydrogen-bond acceptors (Lipinski definition) is 5. The van der Waals surface area contributed by atoms with Crippen molar-refractivity contribution in [1.29, 1.82) is 0 Å². The van der Waals surface area contributed by atoms with Gasteiger partial charge in [0, 0.05) is 11.3 Å². The van der Waals surface area contributed by atoms with Gasteiger partial charge in [-0.1, -0.05) is 30.0 Å². The summed E-state index contributed by atoms with van der Waals surface area (Å²) in [5, 5.41) is 0. The van der Waals surface area contributed by atoms with Crippen LogP contribution in [0, 0.1) is 23.7 Å². The number of nitrogens with zero attached hydrogens (tertiary/aromatic N) is 1. The summed E-state index contributed by atoms with van der Waals surface area (Å²) in [7, 11) is 0. The van der Waals surface area contributed by atoms with Gasteiger partial charge in [-0.25, -0.2) is 4.79 Å². The lowest BCUT2D eigenvalue weighted by Gasteiger charge is -2.29. The van der Waals surface area contributed by atoms with Crippen LogP contribution in [0.3, 0.4) is 0 Å². The van der Waals surface area contributed by atoms with Crippen molar-refractivity contribution in [3.63, 3.8) is 0 Å². The average molecular weight is 407 g/mol. The van der Waals surface area contributed by atoms with Crippen LogP contribution < -0.4 is 0 Å². The van der Waals surface area contributed by atoms with Gasteiger partial charge in [0.2, 0.25) is 0 Å². The Hall–Kier alpha value is -3.08. The lowest BCUT2D eigenvalue weighted by atomic mass is 9.79. The van der Waals surface area contributed by atoms with Crippen LogP contribution in [0.5, 0.6) is 0 Å². The zero-order chi connectivity index (χ0) is 21.6. The Balaban J connectivity index is 2.69. The van der Waals surface area contributed by atoms with Crippen LogP contribution in [0.2, 0.25) is 0 Å². The highest BCUT2D eigenvalue weighted by Gasteiger charge is 2.48. The first kappa shape index (κ1) is 22.2. The van der Waals surface area contributed by atoms with Crippen LogP contribution in [0.1, 0.15) is 26.3 Å². The Labute approximate surface area is 166 Å². The number of carbonyl (C=O) groups is 2. The third-order valence-corrected chi connectivity index (χ3v) is 4.09. The first-order valence-electron chi connectivity index (χ1n) is 8.97. The van der Waals surface area contributed by atoms with Gasteiger partial charge >= 0.3 is 18.1 Å². The molecule has 1 aromatic carbocycles. The maximum Gasteiger partial charge on any atom is 0.433 e. The molecule has 0 fully saturated rings. The standard InChI is InChI=1S/C21H20F3NO4/c1-4-28-19(26)16-13(3)25-18(21(22,23)24)17(20(27)29-5-2)15(16)12-11-14-9-7-6-8-10-14/h6-10,15-16H,4-5H2,1-3H3. The van der Waals surface area contributed by atoms with Crippen molar-refractivity contribution in [3.8, 4) is 11.8 Å². The average Bonchev–Trinajstić information content (AvgIpc) is 2.66. The molecular weight excluding hydrogens is 387 g/mol. The molecule has 2 atom stereocenters. The van der Waals surface area contributed by atoms with E-state index in [0.29, 0.717) is 5.56 Å². The fourth-order valence-corrected chi connectivity index (χ4v) is 2.89. The van der Waals surface area contributed by atoms with Crippen LogP contribution >= 0.6 is 0 Å². The zero-order valence-corrected chi connectivity index (χ0v) is 16.2. The summed E-state index contributed by atoms with van der Waals surface area (Å²) in [4.78, 5) is 28.5. The molecule has 1 aliphatic rings. The maximum absolute atomic E-state index is 13.6. The Bertz CT molecular complexity index is 892. The SMILES string of the molecule is CCOC(=O)C1=C(C(F)(F)F)N=C(C)C(C(=O)OCC)C1C#Cc1ccccc1. The summed E-state index contributed by atoms with van der Waals surface area (Å²) in [5.41, 5.74) is -1.80. The van der Waals surface area contributed by atoms with Gasteiger partial charge in [0.15, 0.2) is 5.70 Å². The first-order valence-corrected chi connectivity index (χ1v) is 8.97. The molecule has 2 rings (SSSR count). The Morgan fingerprint density at radius 1 is 1.10 bits per heavy atom. The number of halogens is 3. The van der Waals surface area contributed by atoms with Gasteiger partial charge in [-0.2, -0.15) is 13.2 Å². The molecule has 0 radical (unpaired) electrons. The molecule has 0 N–H and O–H groups in total. The van der Waals surface area contributed by atoms with Gasteiger partial charge < -0.3 is 9.47 Å². The van der Waals surface area contributed by atoms with Crippen LogP contribution in [0.25, 0.3) is 0 Å². The van der Waals surface area contributed by atoms with E-state index in [0.717, 1.165) is 0 Å². The van der Waals surface area contributed by atoms with Crippen molar-refractivity contribution in [1.82, 2.24) is 0 Å². The third-order valence-electron chi connectivity index (χ3n) is 4.09. The van der Waals surface area contributed by atoms with Gasteiger partial charge in [-0.3, -0.25) is 9.79 Å². The molecule has 0 bridgehead atoms. The van der Waals surface area contributed by atoms with Crippen molar-refractivity contribution in [3.05, 3.63) is 47.2 Å². The topological polar surface area (TPSA) is 65.0 Å². The highest BCUT2D eigenvalue weighted by Crippen LogP contribution is 2.39. The van der Waals surface area contributed by atoms with E-state index in [1.54, 1.807) is 37.3 Å². The van der Waals surface area contributed by atoms with E-state index in [-0.39, 0.29) is 18.9 Å². The van der Waals surface area contributed by atoms with Crippen molar-refractivity contribution in [2.45, 2.75) is 26.9 Å². The van der Waals surface area contributed by atoms with E-state index in [9.17, 15) is 22.8 Å². The first-order chi connectivity index (χ1) is 13.7. The summed E-state index contributed by atoms with van der Waals surface area (Å²) in [6.07, 6.45) is -4.92. The minimum Gasteiger partial charge on any atom is -0.465 e. The predicted molar refractivity (Wildman–Crippen MR) is 99.8 cm³/mol. The van der Waals surface area contributed by atoms with Crippen molar-refractivity contribution in [2.24, 2.45) is 16.8 Å². The molecule has 0 spiro atoms. The molecule has 29 heavy (non-hydrogen) atoms. The summed E-state index contributed by atoms with van der Waals surface area (Å²) < 4.78 is 50.7. The molecule has 1 heterocycles. The van der Waals surface area contributed by atoms with E-state index in [1.165, 1.54) is 13.8 Å². The Morgan fingerprint density at radius 2 is 1.72 bits per heavy atom. The van der Waals surface area contributed by atoms with Gasteiger partial charge in [-0.05, 0) is 32.9 Å². The molecule has 1 aromatic rings. The molecule has 1 aliphatic heterocycles. The van der Waals surface area contributed by atoms with Crippen molar-refractivity contribution in [2.75, 3.05) is 13.2 Å². The van der Waals surface area contributed by atoms with Gasteiger partial charge in [0.05, 0.1) is 24.7 Å². The van der Waals surface area contributed by atoms with E-state index in [4.69, 9.17) is 9.47 Å². The van der Waals surface area contributed by atoms with Crippen molar-refractivity contribution < 1.29 is 32.2 Å². The van der Waals surface area contributed by atoms with E-state index >= 15 is 0 Å². The molecule has 8 heteroatoms. The quantitative estimate of drug-likeness (QED) is 0.564. The molecule has 0 amide bonds. The molecule has 5 nitrogen and oxygen atoms in total. The summed E-state index contributed by atoms with van der Waals surface area (Å²) >= 11 is 0. The Kier molecular flexibility index (Phi) is 7.21. The number of ether oxygens (including phenoxy) is 2. The highest BCUT2D eigenvalue weighted by atomic mass is 19.4. The summed E-state index contributed by atoms with van der Waals surface area (Å²) in [6.45, 7) is 4.20. The normalized spacial score (nSPS) is 19.0. The minimum atomic E-state index is -4.92. The molecular formula is C21H20F3NO4. The fraction of sp³-hybridized carbons (Fsp3) is 0.381. The van der Waals surface area contributed by atoms with E-state index in [2.05, 4.69) is 16.8 Å². The maximum atomic E-state index is 13.6. The second-order valence-corrected chi connectivity index (χ2v) is 6.08. The lowest BCUT2D eigenvalue weighted by Crippen LogP contribution is -2.39. The number of benzene rings is 1. The molecule has 0 aliphatic carbocycles. The van der Waals surface area contributed by atoms with Gasteiger partial charge in [-0.15, -0.1) is 0 Å². The molecule has 154 valence electrons. The van der Waals surface area contributed by atoms with Crippen LogP contribution in [-0.4, -0.2) is 37.0 Å². The summed E-state index contributed by atoms with van der Waals surface area (Å²) in [5.74, 6) is 0.718. The highest BCUT2D eigenvalue weighted by molar-refractivity contribution is 6.06. The number of carbonyl (C=O) groups excluding carboxylic acids is 2. The monoisotopic (exact) mass is 407 g/mol. The molecule has 2 unspecified atom stereocenters. The van der Waals surface area contributed by atoms with Crippen LogP contribution in [0.15, 0.2) is 46.6 Å². The molecule has 0 aromatic heterocycles. The molecule has 0 saturated heterocycles. The second kappa shape index (κ2) is 9.41. The molecule has 0 saturated carbocycles. The summed E-state index contributed by atoms with van der Waals surface area (Å²) in [6, 6.07) is 8.51. The number of alkyl halides is 3. The van der Waals surface area contributed by atoms with Gasteiger partial charge in [0.25, 0.3) is 0 Å². The number of aliphatic imine (C=N–C) groups is 1. The Morgan fingerprint density at radius 3 is 2.28 bits per heavy atom. The predicted octanol–water partition coefficient (Wildman–Crippen LogP) is 3.69. The zero-order valence-electron chi connectivity index (χ0n) is 16.2. The number of allylic oxidation sites excluding steroid dienone is 1. The van der Waals surface area contributed by atoms with Crippen LogP contribution in [-0.2, 0) is 19.1 Å². The third kappa shape index (κ3) is 5.25. The van der Waals surface area contributed by atoms with Gasteiger partial charge in [0.1, 0.15) is 5.92 Å². The number of hydrogen-bond donors (Lipinski definition) is 0. The fourth-order valence-electron chi connectivity index (χ4n) is 2.89.